The Morgan fingerprint density at radius 3 is 2.71 bits per heavy atom. The second-order valence-corrected chi connectivity index (χ2v) is 3.43. The van der Waals surface area contributed by atoms with Gasteiger partial charge in [0.25, 0.3) is 0 Å². The van der Waals surface area contributed by atoms with Crippen LogP contribution < -0.4 is 11.1 Å². The smallest absolute Gasteiger partial charge is 0.352 e. The van der Waals surface area contributed by atoms with Crippen molar-refractivity contribution < 1.29 is 14.3 Å². The van der Waals surface area contributed by atoms with E-state index in [0.717, 1.165) is 11.3 Å². The summed E-state index contributed by atoms with van der Waals surface area (Å²) in [5, 5.41) is 2.59. The van der Waals surface area contributed by atoms with E-state index in [1.807, 2.05) is 0 Å². The summed E-state index contributed by atoms with van der Waals surface area (Å²) in [6.45, 7) is 1.32. The fraction of sp³-hybridized carbons (Fsp3) is 0.286. The van der Waals surface area contributed by atoms with E-state index in [0.29, 0.717) is 0 Å². The normalized spacial score (nSPS) is 9.57. The highest BCUT2D eigenvalue weighted by Gasteiger charge is 2.18. The minimum absolute atomic E-state index is 0.145. The van der Waals surface area contributed by atoms with Gasteiger partial charge < -0.3 is 15.8 Å². The molecule has 1 aromatic heterocycles. The monoisotopic (exact) mass is 215 g/mol. The van der Waals surface area contributed by atoms with Gasteiger partial charge in [-0.1, -0.05) is 11.3 Å². The first-order valence-electron chi connectivity index (χ1n) is 3.66. The second kappa shape index (κ2) is 4.05. The number of esters is 1. The lowest BCUT2D eigenvalue weighted by Crippen LogP contribution is -2.10. The van der Waals surface area contributed by atoms with Crippen LogP contribution in [-0.4, -0.2) is 24.0 Å². The van der Waals surface area contributed by atoms with Crippen LogP contribution in [0.25, 0.3) is 0 Å². The first-order valence-corrected chi connectivity index (χ1v) is 4.48. The van der Waals surface area contributed by atoms with E-state index in [4.69, 9.17) is 5.73 Å². The van der Waals surface area contributed by atoms with E-state index < -0.39 is 5.97 Å². The molecule has 1 rings (SSSR count). The molecule has 14 heavy (non-hydrogen) atoms. The molecular formula is C7H9N3O3S. The molecule has 7 heteroatoms. The zero-order valence-electron chi connectivity index (χ0n) is 7.66. The summed E-state index contributed by atoms with van der Waals surface area (Å²) in [4.78, 5) is 25.9. The molecule has 6 nitrogen and oxygen atoms in total. The van der Waals surface area contributed by atoms with Crippen LogP contribution in [0.2, 0.25) is 0 Å². The molecule has 0 radical (unpaired) electrons. The number of carbonyl (C=O) groups excluding carboxylic acids is 2. The van der Waals surface area contributed by atoms with Crippen molar-refractivity contribution in [2.45, 2.75) is 6.92 Å². The van der Waals surface area contributed by atoms with Crippen molar-refractivity contribution >= 4 is 34.2 Å². The minimum Gasteiger partial charge on any atom is -0.465 e. The van der Waals surface area contributed by atoms with Crippen LogP contribution in [0.3, 0.4) is 0 Å². The van der Waals surface area contributed by atoms with Crippen LogP contribution in [0.5, 0.6) is 0 Å². The maximum Gasteiger partial charge on any atom is 0.352 e. The van der Waals surface area contributed by atoms with Gasteiger partial charge in [0.15, 0.2) is 15.8 Å². The molecule has 3 N–H and O–H groups in total. The maximum atomic E-state index is 11.2. The van der Waals surface area contributed by atoms with Crippen LogP contribution in [0.1, 0.15) is 16.6 Å². The summed E-state index contributed by atoms with van der Waals surface area (Å²) >= 11 is 0.966. The number of aromatic nitrogens is 1. The molecule has 1 aromatic rings. The number of hydrogen-bond acceptors (Lipinski definition) is 6. The van der Waals surface area contributed by atoms with Gasteiger partial charge in [-0.2, -0.15) is 0 Å². The first kappa shape index (κ1) is 10.5. The Labute approximate surface area is 84.1 Å². The summed E-state index contributed by atoms with van der Waals surface area (Å²) in [5.41, 5.74) is 5.40. The summed E-state index contributed by atoms with van der Waals surface area (Å²) in [5.74, 6) is -0.741. The lowest BCUT2D eigenvalue weighted by Gasteiger charge is -1.99. The summed E-state index contributed by atoms with van der Waals surface area (Å²) in [7, 11) is 1.25. The number of nitrogen functional groups attached to an aromatic ring is 1. The highest BCUT2D eigenvalue weighted by atomic mass is 32.1. The lowest BCUT2D eigenvalue weighted by molar-refractivity contribution is -0.114. The van der Waals surface area contributed by atoms with Gasteiger partial charge in [0, 0.05) is 6.92 Å². The van der Waals surface area contributed by atoms with E-state index in [1.54, 1.807) is 0 Å². The number of anilines is 2. The molecule has 0 aliphatic heterocycles. The van der Waals surface area contributed by atoms with Crippen molar-refractivity contribution in [2.75, 3.05) is 18.2 Å². The molecule has 1 heterocycles. The number of rotatable bonds is 2. The zero-order chi connectivity index (χ0) is 10.7. The Balaban J connectivity index is 3.02. The van der Waals surface area contributed by atoms with Crippen LogP contribution >= 0.6 is 11.3 Å². The maximum absolute atomic E-state index is 11.2. The molecule has 1 amide bonds. The molecule has 0 saturated carbocycles. The Hall–Kier alpha value is -1.63. The number of nitrogens with two attached hydrogens (primary N) is 1. The van der Waals surface area contributed by atoms with Crippen LogP contribution in [0, 0.1) is 0 Å². The third-order valence-electron chi connectivity index (χ3n) is 1.31. The highest BCUT2D eigenvalue weighted by molar-refractivity contribution is 7.17. The SMILES string of the molecule is COC(=O)c1sc(N)nc1NC(C)=O. The Morgan fingerprint density at radius 2 is 2.21 bits per heavy atom. The minimum atomic E-state index is -0.567. The Morgan fingerprint density at radius 1 is 1.57 bits per heavy atom. The molecule has 0 fully saturated rings. The lowest BCUT2D eigenvalue weighted by atomic mass is 10.5. The Kier molecular flexibility index (Phi) is 3.03. The molecule has 76 valence electrons. The van der Waals surface area contributed by atoms with Gasteiger partial charge in [0.1, 0.15) is 0 Å². The van der Waals surface area contributed by atoms with Gasteiger partial charge >= 0.3 is 5.97 Å². The quantitative estimate of drug-likeness (QED) is 0.699. The van der Waals surface area contributed by atoms with Crippen molar-refractivity contribution in [3.63, 3.8) is 0 Å². The van der Waals surface area contributed by atoms with E-state index in [1.165, 1.54) is 14.0 Å². The van der Waals surface area contributed by atoms with Gasteiger partial charge in [0.2, 0.25) is 5.91 Å². The van der Waals surface area contributed by atoms with Crippen molar-refractivity contribution in [1.82, 2.24) is 4.98 Å². The van der Waals surface area contributed by atoms with Crippen LogP contribution in [-0.2, 0) is 9.53 Å². The van der Waals surface area contributed by atoms with Crippen LogP contribution in [0.15, 0.2) is 0 Å². The molecule has 0 aliphatic carbocycles. The van der Waals surface area contributed by atoms with Crippen LogP contribution in [0.4, 0.5) is 10.9 Å². The third-order valence-corrected chi connectivity index (χ3v) is 2.17. The summed E-state index contributed by atoms with van der Waals surface area (Å²) in [6, 6.07) is 0. The van der Waals surface area contributed by atoms with Crippen molar-refractivity contribution in [1.29, 1.82) is 0 Å². The highest BCUT2D eigenvalue weighted by Crippen LogP contribution is 2.25. The second-order valence-electron chi connectivity index (χ2n) is 2.40. The molecule has 0 bridgehead atoms. The number of nitrogens with one attached hydrogen (secondary N) is 1. The van der Waals surface area contributed by atoms with Crippen molar-refractivity contribution in [3.8, 4) is 0 Å². The number of hydrogen-bond donors (Lipinski definition) is 2. The zero-order valence-corrected chi connectivity index (χ0v) is 8.47. The van der Waals surface area contributed by atoms with E-state index >= 15 is 0 Å². The number of methoxy groups -OCH3 is 1. The molecule has 0 aliphatic rings. The predicted octanol–water partition coefficient (Wildman–Crippen LogP) is 0.470. The number of ether oxygens (including phenoxy) is 1. The van der Waals surface area contributed by atoms with Gasteiger partial charge in [-0.15, -0.1) is 0 Å². The van der Waals surface area contributed by atoms with E-state index in [-0.39, 0.29) is 21.7 Å². The van der Waals surface area contributed by atoms with Crippen molar-refractivity contribution in [3.05, 3.63) is 4.88 Å². The molecular weight excluding hydrogens is 206 g/mol. The molecule has 0 atom stereocenters. The number of nitrogens with zero attached hydrogens (tertiary/aromatic N) is 1. The molecule has 0 aromatic carbocycles. The number of thiazole rings is 1. The van der Waals surface area contributed by atoms with Gasteiger partial charge in [0.05, 0.1) is 7.11 Å². The van der Waals surface area contributed by atoms with Gasteiger partial charge in [-0.25, -0.2) is 9.78 Å². The largest absolute Gasteiger partial charge is 0.465 e. The Bertz CT molecular complexity index is 374. The predicted molar refractivity (Wildman–Crippen MR) is 52.2 cm³/mol. The van der Waals surface area contributed by atoms with Gasteiger partial charge in [-0.3, -0.25) is 4.79 Å². The standard InChI is InChI=1S/C7H9N3O3S/c1-3(11)9-5-4(6(12)13-2)14-7(8)10-5/h1-2H3,(H2,8,10)(H,9,11). The number of amides is 1. The van der Waals surface area contributed by atoms with Gasteiger partial charge in [-0.05, 0) is 0 Å². The summed E-state index contributed by atoms with van der Waals surface area (Å²) < 4.78 is 4.50. The molecule has 0 unspecified atom stereocenters. The molecule has 0 saturated heterocycles. The van der Waals surface area contributed by atoms with Crippen molar-refractivity contribution in [2.24, 2.45) is 0 Å². The third kappa shape index (κ3) is 2.19. The molecule has 0 spiro atoms. The fourth-order valence-corrected chi connectivity index (χ4v) is 1.53. The van der Waals surface area contributed by atoms with E-state index in [9.17, 15) is 9.59 Å². The fourth-order valence-electron chi connectivity index (χ4n) is 0.819. The number of carbonyl (C=O) groups is 2. The topological polar surface area (TPSA) is 94.3 Å². The van der Waals surface area contributed by atoms with E-state index in [2.05, 4.69) is 15.0 Å². The average molecular weight is 215 g/mol. The average Bonchev–Trinajstić information content (AvgIpc) is 2.44. The first-order chi connectivity index (χ1) is 6.54. The summed E-state index contributed by atoms with van der Waals surface area (Å²) in [6.07, 6.45) is 0.